The fraction of sp³-hybridized carbons (Fsp3) is 1.00. The van der Waals surface area contributed by atoms with Gasteiger partial charge in [-0.3, -0.25) is 0 Å². The Labute approximate surface area is 117 Å². The molecular weight excluding hydrogens is 244 g/mol. The minimum Gasteiger partial charge on any atom is -0.356 e. The summed E-state index contributed by atoms with van der Waals surface area (Å²) < 4.78 is 0. The lowest BCUT2D eigenvalue weighted by Crippen LogP contribution is -2.84. The number of nitrogens with zero attached hydrogens (tertiary/aromatic N) is 1. The lowest BCUT2D eigenvalue weighted by atomic mass is 10.1. The summed E-state index contributed by atoms with van der Waals surface area (Å²) in [7, 11) is 0. The molecule has 0 saturated heterocycles. The number of rotatable bonds is 12. The Bertz CT molecular complexity index is 162. The Morgan fingerprint density at radius 1 is 0.737 bits per heavy atom. The molecular formula is C14H32N2O3. The average Bonchev–Trinajstić information content (AvgIpc) is 2.35. The summed E-state index contributed by atoms with van der Waals surface area (Å²) in [5.41, 5.74) is 0. The van der Waals surface area contributed by atoms with Gasteiger partial charge in [-0.05, 0) is 25.7 Å². The predicted molar refractivity (Wildman–Crippen MR) is 79.5 cm³/mol. The van der Waals surface area contributed by atoms with Crippen molar-refractivity contribution >= 4 is 0 Å². The van der Waals surface area contributed by atoms with Crippen molar-refractivity contribution in [1.82, 2.24) is 0 Å². The smallest absolute Gasteiger partial charge is 0.0755 e. The van der Waals surface area contributed by atoms with Crippen molar-refractivity contribution in [3.05, 3.63) is 15.3 Å². The molecule has 5 nitrogen and oxygen atoms in total. The van der Waals surface area contributed by atoms with Crippen molar-refractivity contribution in [3.63, 3.8) is 0 Å². The Hall–Kier alpha value is -0.840. The molecule has 0 bridgehead atoms. The van der Waals surface area contributed by atoms with Gasteiger partial charge in [0, 0.05) is 0 Å². The van der Waals surface area contributed by atoms with Gasteiger partial charge in [0.1, 0.15) is 0 Å². The molecule has 0 aromatic rings. The van der Waals surface area contributed by atoms with Gasteiger partial charge in [-0.1, -0.05) is 52.4 Å². The summed E-state index contributed by atoms with van der Waals surface area (Å²) in [6.45, 7) is 7.28. The van der Waals surface area contributed by atoms with Gasteiger partial charge >= 0.3 is 0 Å². The van der Waals surface area contributed by atoms with Gasteiger partial charge in [0.25, 0.3) is 0 Å². The molecule has 0 unspecified atom stereocenters. The van der Waals surface area contributed by atoms with Gasteiger partial charge in [-0.25, -0.2) is 0 Å². The van der Waals surface area contributed by atoms with E-state index in [4.69, 9.17) is 15.3 Å². The second kappa shape index (κ2) is 19.5. The third kappa shape index (κ3) is 31.7. The topological polar surface area (TPSA) is 82.8 Å². The van der Waals surface area contributed by atoms with Gasteiger partial charge in [0.2, 0.25) is 0 Å². The summed E-state index contributed by atoms with van der Waals surface area (Å²) in [4.78, 5) is 8.25. The average molecular weight is 276 g/mol. The monoisotopic (exact) mass is 276 g/mol. The first-order valence-electron chi connectivity index (χ1n) is 7.78. The molecule has 2 N–H and O–H groups in total. The van der Waals surface area contributed by atoms with Crippen LogP contribution in [0.3, 0.4) is 0 Å². The molecule has 0 fully saturated rings. The van der Waals surface area contributed by atoms with E-state index in [0.717, 1.165) is 0 Å². The van der Waals surface area contributed by atoms with Crippen molar-refractivity contribution in [1.29, 1.82) is 0 Å². The molecule has 0 spiro atoms. The summed E-state index contributed by atoms with van der Waals surface area (Å²) in [6, 6.07) is 0. The molecule has 0 aromatic heterocycles. The zero-order chi connectivity index (χ0) is 14.8. The minimum absolute atomic E-state index is 1.36. The van der Waals surface area contributed by atoms with E-state index in [9.17, 15) is 0 Å². The van der Waals surface area contributed by atoms with E-state index in [0.29, 0.717) is 0 Å². The molecule has 19 heavy (non-hydrogen) atoms. The molecule has 0 radical (unpaired) electrons. The quantitative estimate of drug-likeness (QED) is 0.337. The first-order valence-corrected chi connectivity index (χ1v) is 7.78. The summed E-state index contributed by atoms with van der Waals surface area (Å²) in [5, 5.41) is 17.3. The first-order chi connectivity index (χ1) is 9.15. The molecule has 0 saturated carbocycles. The third-order valence-corrected chi connectivity index (χ3v) is 3.02. The second-order valence-electron chi connectivity index (χ2n) is 4.92. The fourth-order valence-electron chi connectivity index (χ4n) is 1.93. The largest absolute Gasteiger partial charge is 0.356 e. The van der Waals surface area contributed by atoms with E-state index >= 15 is 0 Å². The molecule has 0 amide bonds. The van der Waals surface area contributed by atoms with Crippen molar-refractivity contribution in [3.8, 4) is 0 Å². The van der Waals surface area contributed by atoms with Crippen LogP contribution in [0, 0.1) is 15.3 Å². The Balaban J connectivity index is 0. The molecule has 0 aliphatic rings. The molecule has 0 aliphatic heterocycles. The number of hydrogen-bond acceptors (Lipinski definition) is 3. The van der Waals surface area contributed by atoms with Crippen molar-refractivity contribution in [2.45, 2.75) is 78.1 Å². The van der Waals surface area contributed by atoms with Crippen LogP contribution in [0.2, 0.25) is 0 Å². The highest BCUT2D eigenvalue weighted by Gasteiger charge is 1.93. The number of unbranched alkanes of at least 4 members (excludes halogenated alkanes) is 8. The van der Waals surface area contributed by atoms with Crippen LogP contribution in [0.25, 0.3) is 0 Å². The summed E-state index contributed by atoms with van der Waals surface area (Å²) in [5.74, 6) is 0. The van der Waals surface area contributed by atoms with Crippen LogP contribution in [0.1, 0.15) is 78.1 Å². The number of quaternary nitrogens is 1. The van der Waals surface area contributed by atoms with Crippen LogP contribution in [-0.2, 0) is 0 Å². The van der Waals surface area contributed by atoms with Gasteiger partial charge in [0.15, 0.2) is 0 Å². The molecule has 116 valence electrons. The van der Waals surface area contributed by atoms with Crippen molar-refractivity contribution < 1.29 is 10.4 Å². The van der Waals surface area contributed by atoms with E-state index < -0.39 is 5.09 Å². The fourth-order valence-corrected chi connectivity index (χ4v) is 1.93. The van der Waals surface area contributed by atoms with Crippen molar-refractivity contribution in [2.75, 3.05) is 13.1 Å². The van der Waals surface area contributed by atoms with E-state index in [2.05, 4.69) is 19.2 Å². The number of nitrogens with two attached hydrogens (primary N) is 1. The highest BCUT2D eigenvalue weighted by Crippen LogP contribution is 2.01. The minimum atomic E-state index is -1.75. The molecule has 5 heteroatoms. The van der Waals surface area contributed by atoms with Crippen molar-refractivity contribution in [2.24, 2.45) is 0 Å². The Kier molecular flexibility index (Phi) is 21.0. The molecule has 0 atom stereocenters. The van der Waals surface area contributed by atoms with Crippen LogP contribution in [0.5, 0.6) is 0 Å². The van der Waals surface area contributed by atoms with E-state index in [1.165, 1.54) is 77.3 Å². The zero-order valence-corrected chi connectivity index (χ0v) is 12.7. The Morgan fingerprint density at radius 2 is 1.05 bits per heavy atom. The molecule has 0 aromatic carbocycles. The summed E-state index contributed by atoms with van der Waals surface area (Å²) >= 11 is 0. The van der Waals surface area contributed by atoms with Crippen LogP contribution in [0.4, 0.5) is 0 Å². The van der Waals surface area contributed by atoms with Gasteiger partial charge in [0.05, 0.1) is 18.2 Å². The van der Waals surface area contributed by atoms with Gasteiger partial charge in [-0.2, -0.15) is 0 Å². The van der Waals surface area contributed by atoms with Gasteiger partial charge < -0.3 is 20.6 Å². The predicted octanol–water partition coefficient (Wildman–Crippen LogP) is 3.25. The van der Waals surface area contributed by atoms with Crippen LogP contribution in [0.15, 0.2) is 0 Å². The maximum absolute atomic E-state index is 8.25. The standard InChI is InChI=1S/C14H31N.NO3/c1-3-5-7-9-11-13-15-14-12-10-8-6-4-2;2-1(3)4/h15H,3-14H2,1-2H3;/q;-1/p+1. The maximum atomic E-state index is 8.25. The zero-order valence-electron chi connectivity index (χ0n) is 12.7. The van der Waals surface area contributed by atoms with Crippen LogP contribution < -0.4 is 5.32 Å². The van der Waals surface area contributed by atoms with E-state index in [-0.39, 0.29) is 0 Å². The van der Waals surface area contributed by atoms with Crippen LogP contribution >= 0.6 is 0 Å². The highest BCUT2D eigenvalue weighted by molar-refractivity contribution is 4.41. The SMILES string of the molecule is CCCCCCC[NH2+]CCCCCCC.O=[N+]([O-])[O-]. The van der Waals surface area contributed by atoms with Gasteiger partial charge in [-0.15, -0.1) is 0 Å². The van der Waals surface area contributed by atoms with E-state index in [1.807, 2.05) is 0 Å². The Morgan fingerprint density at radius 3 is 1.37 bits per heavy atom. The van der Waals surface area contributed by atoms with Crippen LogP contribution in [-0.4, -0.2) is 18.2 Å². The molecule has 0 heterocycles. The van der Waals surface area contributed by atoms with E-state index in [1.54, 1.807) is 0 Å². The lowest BCUT2D eigenvalue weighted by Gasteiger charge is -2.02. The third-order valence-electron chi connectivity index (χ3n) is 3.02. The molecule has 0 aliphatic carbocycles. The maximum Gasteiger partial charge on any atom is 0.0755 e. The second-order valence-corrected chi connectivity index (χ2v) is 4.92. The first kappa shape index (κ1) is 20.5. The lowest BCUT2D eigenvalue weighted by molar-refractivity contribution is -0.655. The normalized spacial score (nSPS) is 9.79. The summed E-state index contributed by atoms with van der Waals surface area (Å²) in [6.07, 6.45) is 14.2. The highest BCUT2D eigenvalue weighted by atomic mass is 16.9. The molecule has 0 rings (SSSR count). The number of hydrogen-bond donors (Lipinski definition) is 1.